The van der Waals surface area contributed by atoms with Gasteiger partial charge < -0.3 is 0 Å². The molecule has 0 atom stereocenters. The van der Waals surface area contributed by atoms with E-state index in [1.165, 1.54) is 23.0 Å². The molecule has 10 heavy (non-hydrogen) atoms. The monoisotopic (exact) mass is 208 g/mol. The van der Waals surface area contributed by atoms with Crippen molar-refractivity contribution in [3.63, 3.8) is 0 Å². The summed E-state index contributed by atoms with van der Waals surface area (Å²) in [6.07, 6.45) is 0. The highest BCUT2D eigenvalue weighted by atomic mass is 33.1. The molecule has 0 unspecified atom stereocenters. The molecule has 2 aliphatic rings. The first-order chi connectivity index (χ1) is 4.97. The Kier molecular flexibility index (Phi) is 2.87. The first-order valence-electron chi connectivity index (χ1n) is 3.15. The second-order valence-corrected chi connectivity index (χ2v) is 7.18. The third kappa shape index (κ3) is 1.65. The fraction of sp³-hybridized carbons (Fsp3) is 0.667. The SMILES string of the molecule is C1SSCC2=C1CSSC2. The van der Waals surface area contributed by atoms with E-state index in [1.54, 1.807) is 11.1 Å². The maximum atomic E-state index is 2.02. The average Bonchev–Trinajstić information content (AvgIpc) is 2.05. The zero-order valence-corrected chi connectivity index (χ0v) is 8.73. The van der Waals surface area contributed by atoms with E-state index < -0.39 is 0 Å². The summed E-state index contributed by atoms with van der Waals surface area (Å²) in [6, 6.07) is 0. The van der Waals surface area contributed by atoms with E-state index >= 15 is 0 Å². The lowest BCUT2D eigenvalue weighted by Crippen LogP contribution is -2.08. The predicted molar refractivity (Wildman–Crippen MR) is 56.9 cm³/mol. The number of rotatable bonds is 0. The Morgan fingerprint density at radius 1 is 0.600 bits per heavy atom. The van der Waals surface area contributed by atoms with Gasteiger partial charge in [-0.05, 0) is 11.1 Å². The van der Waals surface area contributed by atoms with Gasteiger partial charge in [0.15, 0.2) is 0 Å². The lowest BCUT2D eigenvalue weighted by Gasteiger charge is -2.22. The van der Waals surface area contributed by atoms with Crippen LogP contribution in [0.5, 0.6) is 0 Å². The standard InChI is InChI=1S/C6H8S4/c1-5-2-9-10-4-6(5)3-8-7-1/h1-4H2. The summed E-state index contributed by atoms with van der Waals surface area (Å²) >= 11 is 0. The Bertz CT molecular complexity index is 129. The lowest BCUT2D eigenvalue weighted by atomic mass is 10.2. The van der Waals surface area contributed by atoms with Crippen molar-refractivity contribution in [3.8, 4) is 0 Å². The van der Waals surface area contributed by atoms with E-state index in [2.05, 4.69) is 0 Å². The Morgan fingerprint density at radius 3 is 1.20 bits per heavy atom. The molecule has 2 aliphatic heterocycles. The van der Waals surface area contributed by atoms with Crippen LogP contribution in [0.4, 0.5) is 0 Å². The molecule has 0 fully saturated rings. The highest BCUT2D eigenvalue weighted by Crippen LogP contribution is 2.41. The number of hydrogen-bond donors (Lipinski definition) is 0. The maximum absolute atomic E-state index is 2.02. The molecule has 0 N–H and O–H groups in total. The van der Waals surface area contributed by atoms with E-state index in [0.717, 1.165) is 0 Å². The molecular weight excluding hydrogens is 200 g/mol. The molecule has 0 saturated carbocycles. The van der Waals surface area contributed by atoms with E-state index in [-0.39, 0.29) is 0 Å². The minimum atomic E-state index is 1.29. The summed E-state index contributed by atoms with van der Waals surface area (Å²) in [5.41, 5.74) is 3.46. The second kappa shape index (κ2) is 3.70. The topological polar surface area (TPSA) is 0 Å². The van der Waals surface area contributed by atoms with Crippen LogP contribution < -0.4 is 0 Å². The summed E-state index contributed by atoms with van der Waals surface area (Å²) in [7, 11) is 8.07. The quantitative estimate of drug-likeness (QED) is 0.443. The zero-order valence-electron chi connectivity index (χ0n) is 5.46. The first kappa shape index (κ1) is 7.77. The van der Waals surface area contributed by atoms with Gasteiger partial charge in [0, 0.05) is 23.0 Å². The molecule has 0 aromatic rings. The Morgan fingerprint density at radius 2 is 0.900 bits per heavy atom. The summed E-state index contributed by atoms with van der Waals surface area (Å²) < 4.78 is 0. The zero-order chi connectivity index (χ0) is 6.81. The van der Waals surface area contributed by atoms with Crippen LogP contribution >= 0.6 is 43.2 Å². The fourth-order valence-corrected chi connectivity index (χ4v) is 6.04. The molecule has 2 rings (SSSR count). The van der Waals surface area contributed by atoms with Crippen molar-refractivity contribution in [1.29, 1.82) is 0 Å². The molecule has 0 nitrogen and oxygen atoms in total. The molecule has 56 valence electrons. The second-order valence-electron chi connectivity index (χ2n) is 2.26. The van der Waals surface area contributed by atoms with Crippen LogP contribution in [0.25, 0.3) is 0 Å². The van der Waals surface area contributed by atoms with Gasteiger partial charge in [-0.2, -0.15) is 0 Å². The van der Waals surface area contributed by atoms with Crippen molar-refractivity contribution in [1.82, 2.24) is 0 Å². The minimum absolute atomic E-state index is 1.29. The van der Waals surface area contributed by atoms with Crippen molar-refractivity contribution in [2.24, 2.45) is 0 Å². The molecule has 0 saturated heterocycles. The highest BCUT2D eigenvalue weighted by molar-refractivity contribution is 8.77. The van der Waals surface area contributed by atoms with Gasteiger partial charge >= 0.3 is 0 Å². The number of hydrogen-bond acceptors (Lipinski definition) is 4. The lowest BCUT2D eigenvalue weighted by molar-refractivity contribution is 1.27. The normalized spacial score (nSPS) is 26.4. The Labute approximate surface area is 77.2 Å². The van der Waals surface area contributed by atoms with E-state index in [9.17, 15) is 0 Å². The van der Waals surface area contributed by atoms with E-state index in [4.69, 9.17) is 0 Å². The first-order valence-corrected chi connectivity index (χ1v) is 8.13. The van der Waals surface area contributed by atoms with Gasteiger partial charge in [0.05, 0.1) is 0 Å². The van der Waals surface area contributed by atoms with Crippen molar-refractivity contribution >= 4 is 43.2 Å². The molecule has 0 aromatic heterocycles. The van der Waals surface area contributed by atoms with Crippen LogP contribution in [0, 0.1) is 0 Å². The van der Waals surface area contributed by atoms with Crippen molar-refractivity contribution in [2.45, 2.75) is 0 Å². The molecule has 0 amide bonds. The van der Waals surface area contributed by atoms with Crippen molar-refractivity contribution < 1.29 is 0 Å². The van der Waals surface area contributed by atoms with Crippen LogP contribution in [-0.2, 0) is 0 Å². The summed E-state index contributed by atoms with van der Waals surface area (Å²) in [5, 5.41) is 0. The third-order valence-corrected chi connectivity index (χ3v) is 6.21. The molecule has 4 heteroatoms. The Hall–Kier alpha value is 1.14. The minimum Gasteiger partial charge on any atom is -0.0893 e. The van der Waals surface area contributed by atoms with E-state index in [1.807, 2.05) is 43.2 Å². The van der Waals surface area contributed by atoms with Gasteiger partial charge in [0.1, 0.15) is 0 Å². The van der Waals surface area contributed by atoms with Crippen LogP contribution in [0.15, 0.2) is 11.1 Å². The molecular formula is C6H8S4. The third-order valence-electron chi connectivity index (χ3n) is 1.60. The van der Waals surface area contributed by atoms with Crippen molar-refractivity contribution in [3.05, 3.63) is 11.1 Å². The largest absolute Gasteiger partial charge is 0.0893 e. The Balaban J connectivity index is 2.14. The summed E-state index contributed by atoms with van der Waals surface area (Å²) in [5.74, 6) is 5.14. The molecule has 0 spiro atoms. The van der Waals surface area contributed by atoms with Gasteiger partial charge in [0.2, 0.25) is 0 Å². The van der Waals surface area contributed by atoms with Gasteiger partial charge in [-0.15, -0.1) is 0 Å². The molecule has 2 heterocycles. The highest BCUT2D eigenvalue weighted by Gasteiger charge is 2.17. The molecule has 0 bridgehead atoms. The van der Waals surface area contributed by atoms with Crippen molar-refractivity contribution in [2.75, 3.05) is 23.0 Å². The van der Waals surface area contributed by atoms with Gasteiger partial charge in [-0.25, -0.2) is 0 Å². The molecule has 0 aromatic carbocycles. The molecule has 0 aliphatic carbocycles. The van der Waals surface area contributed by atoms with Crippen LogP contribution in [-0.4, -0.2) is 23.0 Å². The maximum Gasteiger partial charge on any atom is 0.0259 e. The smallest absolute Gasteiger partial charge is 0.0259 e. The van der Waals surface area contributed by atoms with Crippen LogP contribution in [0.2, 0.25) is 0 Å². The average molecular weight is 208 g/mol. The predicted octanol–water partition coefficient (Wildman–Crippen LogP) is 3.07. The molecule has 0 radical (unpaired) electrons. The van der Waals surface area contributed by atoms with Crippen LogP contribution in [0.1, 0.15) is 0 Å². The van der Waals surface area contributed by atoms with Gasteiger partial charge in [-0.1, -0.05) is 43.2 Å². The fourth-order valence-electron chi connectivity index (χ4n) is 0.943. The van der Waals surface area contributed by atoms with Gasteiger partial charge in [-0.3, -0.25) is 0 Å². The van der Waals surface area contributed by atoms with E-state index in [0.29, 0.717) is 0 Å². The van der Waals surface area contributed by atoms with Crippen LogP contribution in [0.3, 0.4) is 0 Å². The summed E-state index contributed by atoms with van der Waals surface area (Å²) in [6.45, 7) is 0. The van der Waals surface area contributed by atoms with Gasteiger partial charge in [0.25, 0.3) is 0 Å². The summed E-state index contributed by atoms with van der Waals surface area (Å²) in [4.78, 5) is 0.